The van der Waals surface area contributed by atoms with Crippen molar-refractivity contribution in [1.29, 1.82) is 0 Å². The maximum atomic E-state index is 12.5. The highest BCUT2D eigenvalue weighted by Gasteiger charge is 2.21. The van der Waals surface area contributed by atoms with Crippen molar-refractivity contribution in [3.8, 4) is 5.75 Å². The lowest BCUT2D eigenvalue weighted by Crippen LogP contribution is -2.41. The average Bonchev–Trinajstić information content (AvgIpc) is 2.59. The maximum absolute atomic E-state index is 12.5. The minimum atomic E-state index is -0.218. The van der Waals surface area contributed by atoms with E-state index >= 15 is 0 Å². The van der Waals surface area contributed by atoms with Gasteiger partial charge in [-0.1, -0.05) is 30.3 Å². The van der Waals surface area contributed by atoms with E-state index in [0.717, 1.165) is 5.69 Å². The molecule has 2 aromatic rings. The lowest BCUT2D eigenvalue weighted by atomic mass is 10.2. The van der Waals surface area contributed by atoms with Gasteiger partial charge in [-0.25, -0.2) is 0 Å². The summed E-state index contributed by atoms with van der Waals surface area (Å²) in [5.41, 5.74) is 1.36. The van der Waals surface area contributed by atoms with Crippen LogP contribution in [0.15, 0.2) is 54.6 Å². The number of hydrogen-bond donors (Lipinski definition) is 0. The monoisotopic (exact) mass is 312 g/mol. The number of likely N-dealkylation sites (N-methyl/N-ethyl adjacent to an activating group) is 1. The van der Waals surface area contributed by atoms with Crippen molar-refractivity contribution in [2.45, 2.75) is 6.92 Å². The van der Waals surface area contributed by atoms with Crippen molar-refractivity contribution in [3.05, 3.63) is 54.6 Å². The number of hydrogen-bond acceptors (Lipinski definition) is 3. The molecule has 0 heterocycles. The Morgan fingerprint density at radius 2 is 1.61 bits per heavy atom. The zero-order valence-corrected chi connectivity index (χ0v) is 13.5. The molecule has 2 rings (SSSR count). The molecule has 0 radical (unpaired) electrons. The van der Waals surface area contributed by atoms with Crippen molar-refractivity contribution in [2.75, 3.05) is 30.5 Å². The van der Waals surface area contributed by atoms with Crippen LogP contribution in [0.5, 0.6) is 5.75 Å². The van der Waals surface area contributed by atoms with Crippen molar-refractivity contribution < 1.29 is 14.3 Å². The first-order valence-electron chi connectivity index (χ1n) is 7.27. The van der Waals surface area contributed by atoms with Gasteiger partial charge < -0.3 is 9.64 Å². The van der Waals surface area contributed by atoms with Crippen LogP contribution < -0.4 is 14.5 Å². The Kier molecular flexibility index (Phi) is 5.36. The quantitative estimate of drug-likeness (QED) is 0.853. The van der Waals surface area contributed by atoms with E-state index in [0.29, 0.717) is 11.4 Å². The average molecular weight is 312 g/mol. The maximum Gasteiger partial charge on any atom is 0.246 e. The molecule has 0 N–H and O–H groups in total. The number of carbonyl (C=O) groups is 2. The second-order valence-electron chi connectivity index (χ2n) is 5.07. The van der Waals surface area contributed by atoms with Crippen LogP contribution in [-0.4, -0.2) is 32.5 Å². The molecule has 0 bridgehead atoms. The molecule has 0 aliphatic carbocycles. The Bertz CT molecular complexity index is 686. The lowest BCUT2D eigenvalue weighted by Gasteiger charge is -2.25. The van der Waals surface area contributed by atoms with Crippen LogP contribution in [0.3, 0.4) is 0 Å². The molecule has 0 atom stereocenters. The van der Waals surface area contributed by atoms with Gasteiger partial charge >= 0.3 is 0 Å². The molecular formula is C18H20N2O3. The van der Waals surface area contributed by atoms with Gasteiger partial charge in [-0.05, 0) is 24.3 Å². The summed E-state index contributed by atoms with van der Waals surface area (Å²) in [5.74, 6) is 0.152. The Hall–Kier alpha value is -2.82. The molecule has 23 heavy (non-hydrogen) atoms. The van der Waals surface area contributed by atoms with Crippen LogP contribution in [0.1, 0.15) is 6.92 Å². The van der Waals surface area contributed by atoms with Crippen molar-refractivity contribution in [3.63, 3.8) is 0 Å². The van der Waals surface area contributed by atoms with Gasteiger partial charge in [-0.15, -0.1) is 0 Å². The summed E-state index contributed by atoms with van der Waals surface area (Å²) in [6, 6.07) is 16.4. The number of rotatable bonds is 5. The molecule has 0 aromatic heterocycles. The fraction of sp³-hybridized carbons (Fsp3) is 0.222. The first kappa shape index (κ1) is 16.5. The smallest absolute Gasteiger partial charge is 0.246 e. The normalized spacial score (nSPS) is 10.0. The highest BCUT2D eigenvalue weighted by molar-refractivity contribution is 6.03. The van der Waals surface area contributed by atoms with Gasteiger partial charge in [0, 0.05) is 19.7 Å². The van der Waals surface area contributed by atoms with E-state index in [2.05, 4.69) is 0 Å². The third kappa shape index (κ3) is 3.88. The standard InChI is InChI=1S/C18H20N2O3/c1-14(21)20(16-11-7-8-12-17(16)23-3)13-18(22)19(2)15-9-5-4-6-10-15/h4-12H,13H2,1-3H3. The van der Waals surface area contributed by atoms with Crippen molar-refractivity contribution in [1.82, 2.24) is 0 Å². The molecule has 120 valence electrons. The predicted molar refractivity (Wildman–Crippen MR) is 90.9 cm³/mol. The number of nitrogens with zero attached hydrogens (tertiary/aromatic N) is 2. The second-order valence-corrected chi connectivity index (χ2v) is 5.07. The third-order valence-corrected chi connectivity index (χ3v) is 3.57. The lowest BCUT2D eigenvalue weighted by molar-refractivity contribution is -0.121. The van der Waals surface area contributed by atoms with E-state index < -0.39 is 0 Å². The van der Waals surface area contributed by atoms with Crippen molar-refractivity contribution in [2.24, 2.45) is 0 Å². The molecule has 0 aliphatic heterocycles. The van der Waals surface area contributed by atoms with Gasteiger partial charge in [0.1, 0.15) is 12.3 Å². The van der Waals surface area contributed by atoms with Gasteiger partial charge in [-0.2, -0.15) is 0 Å². The minimum Gasteiger partial charge on any atom is -0.495 e. The molecule has 2 amide bonds. The van der Waals surface area contributed by atoms with E-state index in [1.54, 1.807) is 25.2 Å². The van der Waals surface area contributed by atoms with Crippen LogP contribution in [0, 0.1) is 0 Å². The highest BCUT2D eigenvalue weighted by atomic mass is 16.5. The number of carbonyl (C=O) groups excluding carboxylic acids is 2. The van der Waals surface area contributed by atoms with Crippen LogP contribution in [0.4, 0.5) is 11.4 Å². The summed E-state index contributed by atoms with van der Waals surface area (Å²) < 4.78 is 5.28. The van der Waals surface area contributed by atoms with Gasteiger partial charge in [0.15, 0.2) is 0 Å². The van der Waals surface area contributed by atoms with Crippen molar-refractivity contribution >= 4 is 23.2 Å². The van der Waals surface area contributed by atoms with E-state index in [1.165, 1.54) is 23.8 Å². The summed E-state index contributed by atoms with van der Waals surface area (Å²) in [4.78, 5) is 27.5. The SMILES string of the molecule is COc1ccccc1N(CC(=O)N(C)c1ccccc1)C(C)=O. The molecule has 0 unspecified atom stereocenters. The third-order valence-electron chi connectivity index (χ3n) is 3.57. The molecule has 0 aliphatic rings. The molecule has 5 nitrogen and oxygen atoms in total. The van der Waals surface area contributed by atoms with Crippen LogP contribution >= 0.6 is 0 Å². The van der Waals surface area contributed by atoms with Crippen LogP contribution in [-0.2, 0) is 9.59 Å². The Labute approximate surface area is 136 Å². The fourth-order valence-electron chi connectivity index (χ4n) is 2.26. The first-order chi connectivity index (χ1) is 11.0. The summed E-state index contributed by atoms with van der Waals surface area (Å²) in [6.45, 7) is 1.38. The minimum absolute atomic E-state index is 0.0545. The molecule has 2 aromatic carbocycles. The predicted octanol–water partition coefficient (Wildman–Crippen LogP) is 2.71. The Morgan fingerprint density at radius 3 is 2.22 bits per heavy atom. The summed E-state index contributed by atoms with van der Waals surface area (Å²) in [6.07, 6.45) is 0. The summed E-state index contributed by atoms with van der Waals surface area (Å²) >= 11 is 0. The van der Waals surface area contributed by atoms with Gasteiger partial charge in [-0.3, -0.25) is 14.5 Å². The number of methoxy groups -OCH3 is 1. The molecule has 0 spiro atoms. The van der Waals surface area contributed by atoms with E-state index in [9.17, 15) is 9.59 Å². The van der Waals surface area contributed by atoms with E-state index in [4.69, 9.17) is 4.74 Å². The van der Waals surface area contributed by atoms with Gasteiger partial charge in [0.05, 0.1) is 12.8 Å². The molecular weight excluding hydrogens is 292 g/mol. The Morgan fingerprint density at radius 1 is 1.00 bits per heavy atom. The largest absolute Gasteiger partial charge is 0.495 e. The van der Waals surface area contributed by atoms with E-state index in [-0.39, 0.29) is 18.4 Å². The van der Waals surface area contributed by atoms with Crippen LogP contribution in [0.25, 0.3) is 0 Å². The number of ether oxygens (including phenoxy) is 1. The fourth-order valence-corrected chi connectivity index (χ4v) is 2.26. The van der Waals surface area contributed by atoms with Gasteiger partial charge in [0.2, 0.25) is 11.8 Å². The van der Waals surface area contributed by atoms with Crippen LogP contribution in [0.2, 0.25) is 0 Å². The summed E-state index contributed by atoms with van der Waals surface area (Å²) in [5, 5.41) is 0. The highest BCUT2D eigenvalue weighted by Crippen LogP contribution is 2.28. The second kappa shape index (κ2) is 7.45. The van der Waals surface area contributed by atoms with E-state index in [1.807, 2.05) is 36.4 Å². The number of benzene rings is 2. The topological polar surface area (TPSA) is 49.9 Å². The molecule has 0 saturated carbocycles. The number of anilines is 2. The molecule has 0 saturated heterocycles. The van der Waals surface area contributed by atoms with Gasteiger partial charge in [0.25, 0.3) is 0 Å². The number of amides is 2. The summed E-state index contributed by atoms with van der Waals surface area (Å²) in [7, 11) is 3.23. The first-order valence-corrected chi connectivity index (χ1v) is 7.27. The zero-order chi connectivity index (χ0) is 16.8. The molecule has 5 heteroatoms. The zero-order valence-electron chi connectivity index (χ0n) is 13.5. The molecule has 0 fully saturated rings. The Balaban J connectivity index is 2.23. The number of para-hydroxylation sites is 3.